The van der Waals surface area contributed by atoms with Gasteiger partial charge in [0.05, 0.1) is 11.9 Å². The van der Waals surface area contributed by atoms with Gasteiger partial charge in [0.2, 0.25) is 0 Å². The van der Waals surface area contributed by atoms with Crippen molar-refractivity contribution in [2.24, 2.45) is 11.8 Å². The highest BCUT2D eigenvalue weighted by molar-refractivity contribution is 5.65. The number of imidazole rings is 1. The van der Waals surface area contributed by atoms with Gasteiger partial charge in [-0.05, 0) is 55.4 Å². The van der Waals surface area contributed by atoms with Crippen LogP contribution in [0, 0.1) is 11.8 Å². The molecule has 0 spiro atoms. The van der Waals surface area contributed by atoms with E-state index >= 15 is 0 Å². The Hall–Kier alpha value is -2.81. The maximum absolute atomic E-state index is 12.5. The SMILES string of the molecule is OCCC1CCC(CNc2ccc3ncc(-c4cccc(OC(F)(F)F)c4)n3n2)CC1. The van der Waals surface area contributed by atoms with Crippen LogP contribution >= 0.6 is 0 Å². The molecule has 1 aliphatic rings. The van der Waals surface area contributed by atoms with Crippen molar-refractivity contribution in [3.8, 4) is 17.0 Å². The fourth-order valence-corrected chi connectivity index (χ4v) is 4.17. The standard InChI is InChI=1S/C22H25F3N4O2/c23-22(24,25)31-18-3-1-2-17(12-18)19-14-27-21-9-8-20(28-29(19)21)26-13-16-6-4-15(5-7-16)10-11-30/h1-3,8-9,12,14-16,30H,4-7,10-11,13H2,(H,26,28). The Kier molecular flexibility index (Phi) is 6.31. The van der Waals surface area contributed by atoms with E-state index in [4.69, 9.17) is 5.11 Å². The van der Waals surface area contributed by atoms with Gasteiger partial charge in [-0.2, -0.15) is 0 Å². The molecule has 2 aromatic heterocycles. The van der Waals surface area contributed by atoms with Gasteiger partial charge in [-0.3, -0.25) is 0 Å². The summed E-state index contributed by atoms with van der Waals surface area (Å²) in [4.78, 5) is 4.31. The number of alkyl halides is 3. The third kappa shape index (κ3) is 5.46. The van der Waals surface area contributed by atoms with Crippen molar-refractivity contribution < 1.29 is 23.0 Å². The van der Waals surface area contributed by atoms with E-state index in [1.807, 2.05) is 12.1 Å². The summed E-state index contributed by atoms with van der Waals surface area (Å²) < 4.78 is 43.3. The molecular formula is C22H25F3N4O2. The highest BCUT2D eigenvalue weighted by Crippen LogP contribution is 2.31. The lowest BCUT2D eigenvalue weighted by Crippen LogP contribution is -2.22. The van der Waals surface area contributed by atoms with Gasteiger partial charge in [0, 0.05) is 18.7 Å². The minimum Gasteiger partial charge on any atom is -0.406 e. The molecule has 3 aromatic rings. The van der Waals surface area contributed by atoms with Gasteiger partial charge < -0.3 is 15.2 Å². The number of hydrogen-bond donors (Lipinski definition) is 2. The number of ether oxygens (including phenoxy) is 1. The summed E-state index contributed by atoms with van der Waals surface area (Å²) in [6.07, 6.45) is 2.26. The molecule has 1 fully saturated rings. The van der Waals surface area contributed by atoms with Crippen LogP contribution in [-0.4, -0.2) is 39.2 Å². The second-order valence-electron chi connectivity index (χ2n) is 7.99. The molecule has 0 amide bonds. The smallest absolute Gasteiger partial charge is 0.406 e. The first-order valence-electron chi connectivity index (χ1n) is 10.5. The van der Waals surface area contributed by atoms with Crippen molar-refractivity contribution in [2.45, 2.75) is 38.5 Å². The summed E-state index contributed by atoms with van der Waals surface area (Å²) in [6.45, 7) is 1.07. The number of aliphatic hydroxyl groups excluding tert-OH is 1. The van der Waals surface area contributed by atoms with Crippen LogP contribution in [0.4, 0.5) is 19.0 Å². The van der Waals surface area contributed by atoms with Crippen molar-refractivity contribution >= 4 is 11.5 Å². The Morgan fingerprint density at radius 3 is 2.61 bits per heavy atom. The zero-order chi connectivity index (χ0) is 21.8. The zero-order valence-electron chi connectivity index (χ0n) is 17.0. The first kappa shape index (κ1) is 21.4. The van der Waals surface area contributed by atoms with E-state index in [0.29, 0.717) is 34.6 Å². The van der Waals surface area contributed by atoms with E-state index in [1.165, 1.54) is 18.2 Å². The quantitative estimate of drug-likeness (QED) is 0.554. The summed E-state index contributed by atoms with van der Waals surface area (Å²) >= 11 is 0. The molecule has 6 nitrogen and oxygen atoms in total. The molecule has 0 saturated heterocycles. The zero-order valence-corrected chi connectivity index (χ0v) is 17.0. The van der Waals surface area contributed by atoms with Crippen LogP contribution in [0.25, 0.3) is 16.9 Å². The monoisotopic (exact) mass is 434 g/mol. The van der Waals surface area contributed by atoms with E-state index in [9.17, 15) is 13.2 Å². The van der Waals surface area contributed by atoms with Gasteiger partial charge >= 0.3 is 6.36 Å². The third-order valence-corrected chi connectivity index (χ3v) is 5.80. The summed E-state index contributed by atoms with van der Waals surface area (Å²) in [6, 6.07) is 9.46. The number of nitrogens with one attached hydrogen (secondary N) is 1. The number of anilines is 1. The molecule has 166 valence electrons. The van der Waals surface area contributed by atoms with Crippen LogP contribution in [0.3, 0.4) is 0 Å². The highest BCUT2D eigenvalue weighted by atomic mass is 19.4. The van der Waals surface area contributed by atoms with Crippen LogP contribution in [0.15, 0.2) is 42.6 Å². The predicted octanol–water partition coefficient (Wildman–Crippen LogP) is 4.90. The molecule has 0 bridgehead atoms. The summed E-state index contributed by atoms with van der Waals surface area (Å²) in [5, 5.41) is 17.1. The molecular weight excluding hydrogens is 409 g/mol. The fraction of sp³-hybridized carbons (Fsp3) is 0.455. The molecule has 1 aliphatic carbocycles. The van der Waals surface area contributed by atoms with E-state index in [2.05, 4.69) is 20.1 Å². The average molecular weight is 434 g/mol. The molecule has 2 heterocycles. The van der Waals surface area contributed by atoms with Gasteiger partial charge in [-0.15, -0.1) is 18.3 Å². The Morgan fingerprint density at radius 2 is 1.87 bits per heavy atom. The molecule has 4 rings (SSSR count). The molecule has 9 heteroatoms. The number of hydrogen-bond acceptors (Lipinski definition) is 5. The van der Waals surface area contributed by atoms with Crippen LogP contribution < -0.4 is 10.1 Å². The van der Waals surface area contributed by atoms with Crippen molar-refractivity contribution in [1.82, 2.24) is 14.6 Å². The Morgan fingerprint density at radius 1 is 1.10 bits per heavy atom. The summed E-state index contributed by atoms with van der Waals surface area (Å²) in [5.74, 6) is 1.59. The number of benzene rings is 1. The van der Waals surface area contributed by atoms with Crippen molar-refractivity contribution in [3.63, 3.8) is 0 Å². The van der Waals surface area contributed by atoms with Crippen molar-refractivity contribution in [1.29, 1.82) is 0 Å². The second kappa shape index (κ2) is 9.13. The molecule has 0 aliphatic heterocycles. The van der Waals surface area contributed by atoms with E-state index in [1.54, 1.807) is 16.8 Å². The lowest BCUT2D eigenvalue weighted by molar-refractivity contribution is -0.274. The van der Waals surface area contributed by atoms with Gasteiger partial charge in [0.15, 0.2) is 5.65 Å². The summed E-state index contributed by atoms with van der Waals surface area (Å²) in [7, 11) is 0. The third-order valence-electron chi connectivity index (χ3n) is 5.80. The van der Waals surface area contributed by atoms with Crippen LogP contribution in [0.2, 0.25) is 0 Å². The second-order valence-corrected chi connectivity index (χ2v) is 7.99. The Balaban J connectivity index is 1.47. The number of aromatic nitrogens is 3. The molecule has 1 saturated carbocycles. The van der Waals surface area contributed by atoms with Crippen molar-refractivity contribution in [3.05, 3.63) is 42.6 Å². The first-order valence-corrected chi connectivity index (χ1v) is 10.5. The van der Waals surface area contributed by atoms with Crippen LogP contribution in [0.5, 0.6) is 5.75 Å². The molecule has 31 heavy (non-hydrogen) atoms. The topological polar surface area (TPSA) is 71.7 Å². The number of rotatable bonds is 7. The van der Waals surface area contributed by atoms with E-state index in [0.717, 1.165) is 38.6 Å². The molecule has 1 aromatic carbocycles. The predicted molar refractivity (Wildman–Crippen MR) is 111 cm³/mol. The van der Waals surface area contributed by atoms with Gasteiger partial charge in [0.1, 0.15) is 11.6 Å². The lowest BCUT2D eigenvalue weighted by atomic mass is 9.80. The van der Waals surface area contributed by atoms with E-state index in [-0.39, 0.29) is 12.4 Å². The first-order chi connectivity index (χ1) is 14.9. The van der Waals surface area contributed by atoms with Gasteiger partial charge in [-0.25, -0.2) is 9.50 Å². The van der Waals surface area contributed by atoms with Crippen molar-refractivity contribution in [2.75, 3.05) is 18.5 Å². The number of halogens is 3. The largest absolute Gasteiger partial charge is 0.573 e. The Labute approximate surface area is 178 Å². The lowest BCUT2D eigenvalue weighted by Gasteiger charge is -2.28. The maximum atomic E-state index is 12.5. The average Bonchev–Trinajstić information content (AvgIpc) is 3.16. The minimum absolute atomic E-state index is 0.260. The van der Waals surface area contributed by atoms with E-state index < -0.39 is 6.36 Å². The van der Waals surface area contributed by atoms with Gasteiger partial charge in [-0.1, -0.05) is 25.0 Å². The summed E-state index contributed by atoms with van der Waals surface area (Å²) in [5.41, 5.74) is 1.71. The highest BCUT2D eigenvalue weighted by Gasteiger charge is 2.31. The molecule has 2 N–H and O–H groups in total. The van der Waals surface area contributed by atoms with Crippen LogP contribution in [-0.2, 0) is 0 Å². The normalized spacial score (nSPS) is 19.5. The van der Waals surface area contributed by atoms with Crippen LogP contribution in [0.1, 0.15) is 32.1 Å². The molecule has 0 unspecified atom stereocenters. The fourth-order valence-electron chi connectivity index (χ4n) is 4.17. The number of fused-ring (bicyclic) bond motifs is 1. The molecule has 0 radical (unpaired) electrons. The Bertz CT molecular complexity index is 1010. The molecule has 0 atom stereocenters. The number of nitrogens with zero attached hydrogens (tertiary/aromatic N) is 3. The minimum atomic E-state index is -4.75. The number of aliphatic hydroxyl groups is 1. The van der Waals surface area contributed by atoms with Gasteiger partial charge in [0.25, 0.3) is 0 Å². The maximum Gasteiger partial charge on any atom is 0.573 e.